The van der Waals surface area contributed by atoms with E-state index >= 15 is 0 Å². The second kappa shape index (κ2) is 6.37. The minimum atomic E-state index is 0.136. The van der Waals surface area contributed by atoms with Gasteiger partial charge in [-0.25, -0.2) is 0 Å². The van der Waals surface area contributed by atoms with Gasteiger partial charge in [0.25, 0.3) is 0 Å². The highest BCUT2D eigenvalue weighted by molar-refractivity contribution is 5.79. The average Bonchev–Trinajstić information content (AvgIpc) is 2.83. The van der Waals surface area contributed by atoms with Crippen LogP contribution in [0.2, 0.25) is 0 Å². The molecule has 1 fully saturated rings. The number of likely N-dealkylation sites (N-methyl/N-ethyl adjacent to an activating group) is 1. The molecule has 1 saturated heterocycles. The van der Waals surface area contributed by atoms with Gasteiger partial charge in [0.15, 0.2) is 0 Å². The van der Waals surface area contributed by atoms with Gasteiger partial charge in [0.1, 0.15) is 0 Å². The lowest BCUT2D eigenvalue weighted by Gasteiger charge is -2.23. The molecule has 0 aliphatic carbocycles. The van der Waals surface area contributed by atoms with Gasteiger partial charge in [0, 0.05) is 31.7 Å². The van der Waals surface area contributed by atoms with Gasteiger partial charge >= 0.3 is 0 Å². The summed E-state index contributed by atoms with van der Waals surface area (Å²) in [4.78, 5) is 16.4. The maximum absolute atomic E-state index is 12.4. The monoisotopic (exact) mass is 276 g/mol. The molecule has 0 unspecified atom stereocenters. The van der Waals surface area contributed by atoms with E-state index in [1.807, 2.05) is 44.1 Å². The first-order chi connectivity index (χ1) is 9.51. The van der Waals surface area contributed by atoms with Gasteiger partial charge in [-0.1, -0.05) is 29.8 Å². The van der Waals surface area contributed by atoms with Crippen molar-refractivity contribution in [3.05, 3.63) is 35.4 Å². The number of likely N-dealkylation sites (tertiary alicyclic amines) is 1. The molecule has 20 heavy (non-hydrogen) atoms. The number of aliphatic hydroxyl groups excluding tert-OH is 1. The Morgan fingerprint density at radius 3 is 2.70 bits per heavy atom. The number of benzene rings is 1. The lowest BCUT2D eigenvalue weighted by molar-refractivity contribution is -0.129. The van der Waals surface area contributed by atoms with Crippen LogP contribution in [-0.2, 0) is 11.2 Å². The summed E-state index contributed by atoms with van der Waals surface area (Å²) in [6.45, 7) is 3.54. The molecular weight excluding hydrogens is 252 g/mol. The summed E-state index contributed by atoms with van der Waals surface area (Å²) in [7, 11) is 4.00. The lowest BCUT2D eigenvalue weighted by Crippen LogP contribution is -2.37. The van der Waals surface area contributed by atoms with Crippen LogP contribution in [0, 0.1) is 12.8 Å². The Bertz CT molecular complexity index is 473. The Labute approximate surface area is 121 Å². The van der Waals surface area contributed by atoms with Gasteiger partial charge in [0.05, 0.1) is 6.42 Å². The number of aliphatic hydroxyl groups is 1. The van der Waals surface area contributed by atoms with E-state index in [2.05, 4.69) is 11.0 Å². The molecule has 0 radical (unpaired) electrons. The van der Waals surface area contributed by atoms with Gasteiger partial charge in [-0.3, -0.25) is 4.79 Å². The first kappa shape index (κ1) is 15.0. The van der Waals surface area contributed by atoms with Crippen molar-refractivity contribution in [3.8, 4) is 0 Å². The van der Waals surface area contributed by atoms with Crippen molar-refractivity contribution in [2.75, 3.05) is 33.8 Å². The highest BCUT2D eigenvalue weighted by Crippen LogP contribution is 2.21. The predicted octanol–water partition coefficient (Wildman–Crippen LogP) is 0.918. The highest BCUT2D eigenvalue weighted by Gasteiger charge is 2.35. The molecule has 2 atom stereocenters. The van der Waals surface area contributed by atoms with Crippen LogP contribution in [0.5, 0.6) is 0 Å². The van der Waals surface area contributed by atoms with Crippen LogP contribution in [0.15, 0.2) is 24.3 Å². The maximum Gasteiger partial charge on any atom is 0.227 e. The van der Waals surface area contributed by atoms with E-state index in [-0.39, 0.29) is 24.5 Å². The number of amides is 1. The topological polar surface area (TPSA) is 43.8 Å². The van der Waals surface area contributed by atoms with Crippen LogP contribution < -0.4 is 0 Å². The van der Waals surface area contributed by atoms with E-state index in [0.717, 1.165) is 5.56 Å². The van der Waals surface area contributed by atoms with E-state index in [1.165, 1.54) is 5.56 Å². The van der Waals surface area contributed by atoms with Gasteiger partial charge < -0.3 is 14.9 Å². The van der Waals surface area contributed by atoms with E-state index < -0.39 is 0 Å². The van der Waals surface area contributed by atoms with Crippen molar-refractivity contribution in [1.29, 1.82) is 0 Å². The molecule has 4 nitrogen and oxygen atoms in total. The summed E-state index contributed by atoms with van der Waals surface area (Å²) in [5, 5.41) is 9.45. The zero-order chi connectivity index (χ0) is 14.7. The summed E-state index contributed by atoms with van der Waals surface area (Å²) in [5.74, 6) is 0.310. The van der Waals surface area contributed by atoms with Crippen molar-refractivity contribution >= 4 is 5.91 Å². The molecule has 1 N–H and O–H groups in total. The van der Waals surface area contributed by atoms with Gasteiger partial charge in [-0.15, -0.1) is 0 Å². The summed E-state index contributed by atoms with van der Waals surface area (Å²) in [6.07, 6.45) is 0.444. The number of rotatable bonds is 4. The fourth-order valence-corrected chi connectivity index (χ4v) is 2.93. The van der Waals surface area contributed by atoms with E-state index in [4.69, 9.17) is 0 Å². The minimum absolute atomic E-state index is 0.136. The standard InChI is InChI=1S/C16H24N2O2/c1-12-5-4-6-13(7-12)8-16(20)18-9-14(11-19)15(10-18)17(2)3/h4-7,14-15,19H,8-11H2,1-3H3/t14-,15+/m0/s1. The Morgan fingerprint density at radius 1 is 1.40 bits per heavy atom. The average molecular weight is 276 g/mol. The molecule has 1 aromatic rings. The SMILES string of the molecule is Cc1cccc(CC(=O)N2C[C@@H](CO)[C@H](N(C)C)C2)c1. The maximum atomic E-state index is 12.4. The van der Waals surface area contributed by atoms with Crippen LogP contribution in [0.1, 0.15) is 11.1 Å². The van der Waals surface area contributed by atoms with Crippen LogP contribution in [0.3, 0.4) is 0 Å². The van der Waals surface area contributed by atoms with Crippen LogP contribution in [0.4, 0.5) is 0 Å². The van der Waals surface area contributed by atoms with E-state index in [9.17, 15) is 9.90 Å². The Kier molecular flexibility index (Phi) is 4.78. The molecule has 4 heteroatoms. The second-order valence-electron chi connectivity index (χ2n) is 5.94. The zero-order valence-corrected chi connectivity index (χ0v) is 12.5. The quantitative estimate of drug-likeness (QED) is 0.889. The van der Waals surface area contributed by atoms with Gasteiger partial charge in [-0.2, -0.15) is 0 Å². The van der Waals surface area contributed by atoms with Crippen molar-refractivity contribution < 1.29 is 9.90 Å². The van der Waals surface area contributed by atoms with Gasteiger partial charge in [-0.05, 0) is 26.6 Å². The van der Waals surface area contributed by atoms with Crippen LogP contribution >= 0.6 is 0 Å². The number of carbonyl (C=O) groups excluding carboxylic acids is 1. The number of nitrogens with zero attached hydrogens (tertiary/aromatic N) is 2. The molecule has 110 valence electrons. The zero-order valence-electron chi connectivity index (χ0n) is 12.5. The molecule has 0 bridgehead atoms. The fraction of sp³-hybridized carbons (Fsp3) is 0.562. The third kappa shape index (κ3) is 3.38. The summed E-state index contributed by atoms with van der Waals surface area (Å²) >= 11 is 0. The summed E-state index contributed by atoms with van der Waals surface area (Å²) in [6, 6.07) is 8.32. The van der Waals surface area contributed by atoms with Crippen LogP contribution in [-0.4, -0.2) is 60.6 Å². The summed E-state index contributed by atoms with van der Waals surface area (Å²) < 4.78 is 0. The smallest absolute Gasteiger partial charge is 0.227 e. The van der Waals surface area contributed by atoms with Gasteiger partial charge in [0.2, 0.25) is 5.91 Å². The minimum Gasteiger partial charge on any atom is -0.396 e. The molecule has 0 spiro atoms. The fourth-order valence-electron chi connectivity index (χ4n) is 2.93. The van der Waals surface area contributed by atoms with E-state index in [0.29, 0.717) is 19.5 Å². The first-order valence-electron chi connectivity index (χ1n) is 7.12. The molecule has 1 aliphatic rings. The summed E-state index contributed by atoms with van der Waals surface area (Å²) in [5.41, 5.74) is 2.24. The molecule has 0 saturated carbocycles. The molecule has 1 amide bonds. The molecular formula is C16H24N2O2. The second-order valence-corrected chi connectivity index (χ2v) is 5.94. The van der Waals surface area contributed by atoms with Crippen molar-refractivity contribution in [1.82, 2.24) is 9.80 Å². The number of hydrogen-bond acceptors (Lipinski definition) is 3. The third-order valence-corrected chi connectivity index (χ3v) is 4.09. The predicted molar refractivity (Wildman–Crippen MR) is 79.5 cm³/mol. The van der Waals surface area contributed by atoms with E-state index in [1.54, 1.807) is 0 Å². The Balaban J connectivity index is 2.00. The molecule has 1 aliphatic heterocycles. The number of carbonyl (C=O) groups is 1. The normalized spacial score (nSPS) is 22.6. The lowest BCUT2D eigenvalue weighted by atomic mass is 10.0. The number of hydrogen-bond donors (Lipinski definition) is 1. The number of aryl methyl sites for hydroxylation is 1. The molecule has 0 aromatic heterocycles. The van der Waals surface area contributed by atoms with Crippen molar-refractivity contribution in [2.45, 2.75) is 19.4 Å². The molecule has 1 heterocycles. The molecule has 2 rings (SSSR count). The third-order valence-electron chi connectivity index (χ3n) is 4.09. The van der Waals surface area contributed by atoms with Crippen LogP contribution in [0.25, 0.3) is 0 Å². The largest absolute Gasteiger partial charge is 0.396 e. The van der Waals surface area contributed by atoms with Crippen molar-refractivity contribution in [3.63, 3.8) is 0 Å². The molecule has 1 aromatic carbocycles. The Hall–Kier alpha value is -1.39. The first-order valence-corrected chi connectivity index (χ1v) is 7.12. The Morgan fingerprint density at radius 2 is 2.15 bits per heavy atom. The highest BCUT2D eigenvalue weighted by atomic mass is 16.3. The van der Waals surface area contributed by atoms with Crippen molar-refractivity contribution in [2.24, 2.45) is 5.92 Å².